The van der Waals surface area contributed by atoms with Crippen LogP contribution in [0.4, 0.5) is 4.39 Å². The standard InChI is InChI=1S/C17H17FN6O3/c1-3-26-10-24-16(14-8-9-19-17(20-14)27-22-11(2)25)15(21-23-24)12-4-6-13(18)7-5-12/h4-9H,3,10H2,1-2H3,(H,22,25). The highest BCUT2D eigenvalue weighted by Crippen LogP contribution is 2.29. The largest absolute Gasteiger partial charge is 0.359 e. The molecule has 140 valence electrons. The topological polar surface area (TPSA) is 104 Å². The molecule has 0 fully saturated rings. The van der Waals surface area contributed by atoms with E-state index in [-0.39, 0.29) is 24.5 Å². The Morgan fingerprint density at radius 3 is 2.74 bits per heavy atom. The summed E-state index contributed by atoms with van der Waals surface area (Å²) in [5.41, 5.74) is 4.33. The maximum absolute atomic E-state index is 13.3. The number of carbonyl (C=O) groups is 1. The lowest BCUT2D eigenvalue weighted by Gasteiger charge is -2.09. The maximum Gasteiger partial charge on any atom is 0.343 e. The van der Waals surface area contributed by atoms with Gasteiger partial charge in [-0.2, -0.15) is 10.5 Å². The molecule has 0 atom stereocenters. The molecule has 3 aromatic rings. The Hall–Kier alpha value is -3.40. The molecule has 0 aliphatic rings. The number of rotatable bonds is 7. The molecule has 0 unspecified atom stereocenters. The number of nitrogens with one attached hydrogen (secondary N) is 1. The second kappa shape index (κ2) is 8.32. The normalized spacial score (nSPS) is 10.6. The molecule has 0 aliphatic carbocycles. The Bertz CT molecular complexity index is 929. The van der Waals surface area contributed by atoms with Crippen LogP contribution in [0.3, 0.4) is 0 Å². The minimum Gasteiger partial charge on any atom is -0.359 e. The van der Waals surface area contributed by atoms with Crippen LogP contribution in [0.1, 0.15) is 13.8 Å². The molecule has 1 N–H and O–H groups in total. The fourth-order valence-electron chi connectivity index (χ4n) is 2.28. The summed E-state index contributed by atoms with van der Waals surface area (Å²) in [6, 6.07) is 7.48. The molecule has 0 radical (unpaired) electrons. The third kappa shape index (κ3) is 4.42. The number of hydrogen-bond acceptors (Lipinski definition) is 7. The van der Waals surface area contributed by atoms with Crippen LogP contribution in [0.5, 0.6) is 6.01 Å². The number of hydrogen-bond donors (Lipinski definition) is 1. The van der Waals surface area contributed by atoms with E-state index in [2.05, 4.69) is 25.8 Å². The van der Waals surface area contributed by atoms with E-state index in [1.807, 2.05) is 6.92 Å². The highest BCUT2D eigenvalue weighted by atomic mass is 19.1. The summed E-state index contributed by atoms with van der Waals surface area (Å²) in [5, 5.41) is 8.30. The molecule has 0 spiro atoms. The first-order valence-corrected chi connectivity index (χ1v) is 8.12. The van der Waals surface area contributed by atoms with Gasteiger partial charge in [0, 0.05) is 25.3 Å². The average Bonchev–Trinajstić information content (AvgIpc) is 3.09. The smallest absolute Gasteiger partial charge is 0.343 e. The van der Waals surface area contributed by atoms with Crippen molar-refractivity contribution in [1.29, 1.82) is 0 Å². The molecule has 0 saturated heterocycles. The minimum absolute atomic E-state index is 0.0445. The van der Waals surface area contributed by atoms with E-state index in [1.165, 1.54) is 29.9 Å². The van der Waals surface area contributed by atoms with Crippen molar-refractivity contribution >= 4 is 5.91 Å². The second-order valence-corrected chi connectivity index (χ2v) is 5.40. The lowest BCUT2D eigenvalue weighted by Crippen LogP contribution is -2.24. The number of carbonyl (C=O) groups excluding carboxylic acids is 1. The zero-order chi connectivity index (χ0) is 19.2. The van der Waals surface area contributed by atoms with Gasteiger partial charge in [-0.25, -0.2) is 14.1 Å². The first-order chi connectivity index (χ1) is 13.1. The predicted molar refractivity (Wildman–Crippen MR) is 92.5 cm³/mol. The van der Waals surface area contributed by atoms with Crippen LogP contribution < -0.4 is 10.3 Å². The molecule has 27 heavy (non-hydrogen) atoms. The fourth-order valence-corrected chi connectivity index (χ4v) is 2.28. The lowest BCUT2D eigenvalue weighted by atomic mass is 10.1. The molecule has 2 aromatic heterocycles. The number of hydroxylamine groups is 1. The molecule has 1 amide bonds. The summed E-state index contributed by atoms with van der Waals surface area (Å²) in [7, 11) is 0. The van der Waals surface area contributed by atoms with Crippen LogP contribution >= 0.6 is 0 Å². The van der Waals surface area contributed by atoms with Crippen LogP contribution in [0.2, 0.25) is 0 Å². The van der Waals surface area contributed by atoms with Gasteiger partial charge in [0.05, 0.1) is 5.69 Å². The van der Waals surface area contributed by atoms with Crippen LogP contribution in [0.25, 0.3) is 22.6 Å². The van der Waals surface area contributed by atoms with E-state index < -0.39 is 0 Å². The number of aromatic nitrogens is 5. The predicted octanol–water partition coefficient (Wildman–Crippen LogP) is 1.97. The van der Waals surface area contributed by atoms with E-state index in [1.54, 1.807) is 18.2 Å². The SMILES string of the molecule is CCOCn1nnc(-c2ccc(F)cc2)c1-c1ccnc(ONC(C)=O)n1. The van der Waals surface area contributed by atoms with E-state index in [4.69, 9.17) is 9.57 Å². The Morgan fingerprint density at radius 2 is 2.04 bits per heavy atom. The highest BCUT2D eigenvalue weighted by Gasteiger charge is 2.19. The van der Waals surface area contributed by atoms with Gasteiger partial charge >= 0.3 is 6.01 Å². The molecular formula is C17H17FN6O3. The van der Waals surface area contributed by atoms with Gasteiger partial charge in [-0.05, 0) is 37.3 Å². The van der Waals surface area contributed by atoms with Crippen LogP contribution in [0, 0.1) is 5.82 Å². The third-order valence-corrected chi connectivity index (χ3v) is 3.43. The highest BCUT2D eigenvalue weighted by molar-refractivity contribution is 5.76. The molecule has 0 aliphatic heterocycles. The summed E-state index contributed by atoms with van der Waals surface area (Å²) in [6.07, 6.45) is 1.48. The van der Waals surface area contributed by atoms with Gasteiger partial charge in [-0.3, -0.25) is 4.79 Å². The van der Waals surface area contributed by atoms with E-state index >= 15 is 0 Å². The van der Waals surface area contributed by atoms with Crippen molar-refractivity contribution in [2.24, 2.45) is 0 Å². The number of halogens is 1. The Balaban J connectivity index is 2.03. The summed E-state index contributed by atoms with van der Waals surface area (Å²) >= 11 is 0. The van der Waals surface area contributed by atoms with E-state index in [0.717, 1.165) is 0 Å². The maximum atomic E-state index is 13.3. The number of benzene rings is 1. The van der Waals surface area contributed by atoms with Gasteiger partial charge in [0.15, 0.2) is 0 Å². The van der Waals surface area contributed by atoms with Crippen LogP contribution in [0.15, 0.2) is 36.5 Å². The Labute approximate surface area is 154 Å². The van der Waals surface area contributed by atoms with Crippen molar-refractivity contribution in [2.75, 3.05) is 6.61 Å². The zero-order valence-corrected chi connectivity index (χ0v) is 14.7. The second-order valence-electron chi connectivity index (χ2n) is 5.40. The summed E-state index contributed by atoms with van der Waals surface area (Å²) in [6.45, 7) is 3.82. The van der Waals surface area contributed by atoms with Crippen molar-refractivity contribution in [3.63, 3.8) is 0 Å². The Kier molecular flexibility index (Phi) is 5.67. The monoisotopic (exact) mass is 372 g/mol. The molecule has 1 aromatic carbocycles. The fraction of sp³-hybridized carbons (Fsp3) is 0.235. The van der Waals surface area contributed by atoms with Crippen molar-refractivity contribution in [3.05, 3.63) is 42.3 Å². The van der Waals surface area contributed by atoms with Gasteiger partial charge in [0.2, 0.25) is 5.91 Å². The van der Waals surface area contributed by atoms with E-state index in [9.17, 15) is 9.18 Å². The average molecular weight is 372 g/mol. The van der Waals surface area contributed by atoms with Crippen molar-refractivity contribution in [2.45, 2.75) is 20.6 Å². The summed E-state index contributed by atoms with van der Waals surface area (Å²) in [4.78, 5) is 24.3. The van der Waals surface area contributed by atoms with Gasteiger partial charge in [0.1, 0.15) is 23.9 Å². The summed E-state index contributed by atoms with van der Waals surface area (Å²) < 4.78 is 20.2. The zero-order valence-electron chi connectivity index (χ0n) is 14.7. The van der Waals surface area contributed by atoms with Crippen LogP contribution in [-0.2, 0) is 16.3 Å². The van der Waals surface area contributed by atoms with Crippen LogP contribution in [-0.4, -0.2) is 37.5 Å². The Morgan fingerprint density at radius 1 is 1.26 bits per heavy atom. The first kappa shape index (κ1) is 18.4. The molecule has 0 saturated carbocycles. The molecule has 2 heterocycles. The van der Waals surface area contributed by atoms with Crippen molar-refractivity contribution < 1.29 is 18.8 Å². The molecule has 10 heteroatoms. The summed E-state index contributed by atoms with van der Waals surface area (Å²) in [5.74, 6) is -0.742. The molecule has 3 rings (SSSR count). The number of amides is 1. The quantitative estimate of drug-likeness (QED) is 0.632. The molecular weight excluding hydrogens is 355 g/mol. The van der Waals surface area contributed by atoms with Gasteiger partial charge in [-0.15, -0.1) is 5.10 Å². The van der Waals surface area contributed by atoms with Gasteiger partial charge < -0.3 is 9.57 Å². The van der Waals surface area contributed by atoms with Gasteiger partial charge in [-0.1, -0.05) is 5.21 Å². The number of nitrogens with zero attached hydrogens (tertiary/aromatic N) is 5. The molecule has 9 nitrogen and oxygen atoms in total. The number of ether oxygens (including phenoxy) is 1. The lowest BCUT2D eigenvalue weighted by molar-refractivity contribution is -0.125. The minimum atomic E-state index is -0.390. The van der Waals surface area contributed by atoms with Crippen molar-refractivity contribution in [1.82, 2.24) is 30.4 Å². The third-order valence-electron chi connectivity index (χ3n) is 3.43. The molecule has 0 bridgehead atoms. The first-order valence-electron chi connectivity index (χ1n) is 8.12. The van der Waals surface area contributed by atoms with Crippen molar-refractivity contribution in [3.8, 4) is 28.7 Å². The van der Waals surface area contributed by atoms with E-state index in [0.29, 0.717) is 29.3 Å². The van der Waals surface area contributed by atoms with Gasteiger partial charge in [0.25, 0.3) is 0 Å².